The number of aliphatic hydroxyl groups excluding tert-OH is 1. The zero-order valence-electron chi connectivity index (χ0n) is 7.94. The lowest BCUT2D eigenvalue weighted by Gasteiger charge is -2.39. The Bertz CT molecular complexity index is 314. The molecule has 1 saturated carbocycles. The van der Waals surface area contributed by atoms with E-state index in [1.807, 2.05) is 6.92 Å². The summed E-state index contributed by atoms with van der Waals surface area (Å²) in [5.74, 6) is 0.735. The summed E-state index contributed by atoms with van der Waals surface area (Å²) in [6, 6.07) is 0. The second-order valence-electron chi connectivity index (χ2n) is 3.80. The third-order valence-corrected chi connectivity index (χ3v) is 3.01. The highest BCUT2D eigenvalue weighted by molar-refractivity contribution is 5.19. The summed E-state index contributed by atoms with van der Waals surface area (Å²) in [5, 5.41) is 9.39. The van der Waals surface area contributed by atoms with Crippen molar-refractivity contribution in [1.29, 1.82) is 0 Å². The van der Waals surface area contributed by atoms with Gasteiger partial charge in [0.25, 0.3) is 0 Å². The van der Waals surface area contributed by atoms with Crippen LogP contribution in [0.4, 0.5) is 0 Å². The second-order valence-corrected chi connectivity index (χ2v) is 3.80. The lowest BCUT2D eigenvalue weighted by atomic mass is 9.70. The Morgan fingerprint density at radius 2 is 2.08 bits per heavy atom. The van der Waals surface area contributed by atoms with Crippen LogP contribution < -0.4 is 0 Å². The fourth-order valence-corrected chi connectivity index (χ4v) is 1.90. The van der Waals surface area contributed by atoms with Gasteiger partial charge in [-0.3, -0.25) is 9.97 Å². The van der Waals surface area contributed by atoms with Crippen molar-refractivity contribution in [2.75, 3.05) is 0 Å². The molecule has 2 rings (SSSR count). The highest BCUT2D eigenvalue weighted by Crippen LogP contribution is 2.41. The predicted molar refractivity (Wildman–Crippen MR) is 49.3 cm³/mol. The molecule has 0 spiro atoms. The zero-order valence-corrected chi connectivity index (χ0v) is 7.94. The first-order valence-corrected chi connectivity index (χ1v) is 4.65. The normalized spacial score (nSPS) is 32.7. The Hall–Kier alpha value is -0.960. The van der Waals surface area contributed by atoms with Crippen molar-refractivity contribution >= 4 is 0 Å². The van der Waals surface area contributed by atoms with Crippen LogP contribution in [0.2, 0.25) is 0 Å². The van der Waals surface area contributed by atoms with E-state index in [1.165, 1.54) is 0 Å². The maximum absolute atomic E-state index is 9.39. The monoisotopic (exact) mass is 178 g/mol. The second kappa shape index (κ2) is 3.07. The van der Waals surface area contributed by atoms with Crippen LogP contribution in [-0.4, -0.2) is 21.2 Å². The maximum Gasteiger partial charge on any atom is 0.0651 e. The molecule has 0 aliphatic heterocycles. The first-order chi connectivity index (χ1) is 6.20. The van der Waals surface area contributed by atoms with Crippen molar-refractivity contribution in [3.63, 3.8) is 0 Å². The van der Waals surface area contributed by atoms with Gasteiger partial charge in [0.1, 0.15) is 0 Å². The molecule has 0 bridgehead atoms. The minimum absolute atomic E-state index is 0.147. The first-order valence-electron chi connectivity index (χ1n) is 4.65. The minimum Gasteiger partial charge on any atom is -0.393 e. The fourth-order valence-electron chi connectivity index (χ4n) is 1.90. The molecule has 0 saturated heterocycles. The Morgan fingerprint density at radius 1 is 1.38 bits per heavy atom. The summed E-state index contributed by atoms with van der Waals surface area (Å²) in [7, 11) is 0. The van der Waals surface area contributed by atoms with Crippen LogP contribution in [0.1, 0.15) is 30.7 Å². The van der Waals surface area contributed by atoms with E-state index in [-0.39, 0.29) is 6.10 Å². The molecular weight excluding hydrogens is 164 g/mol. The molecule has 3 nitrogen and oxygen atoms in total. The van der Waals surface area contributed by atoms with Gasteiger partial charge in [-0.25, -0.2) is 0 Å². The van der Waals surface area contributed by atoms with Crippen LogP contribution in [-0.2, 0) is 0 Å². The van der Waals surface area contributed by atoms with Gasteiger partial charge in [0.15, 0.2) is 0 Å². The topological polar surface area (TPSA) is 46.0 Å². The molecule has 1 aromatic rings. The van der Waals surface area contributed by atoms with Crippen molar-refractivity contribution in [1.82, 2.24) is 9.97 Å². The maximum atomic E-state index is 9.39. The Labute approximate surface area is 77.8 Å². The van der Waals surface area contributed by atoms with Crippen LogP contribution in [0.3, 0.4) is 0 Å². The summed E-state index contributed by atoms with van der Waals surface area (Å²) in [5.41, 5.74) is 2.05. The highest BCUT2D eigenvalue weighted by Gasteiger charge is 2.38. The van der Waals surface area contributed by atoms with Crippen molar-refractivity contribution in [2.45, 2.75) is 32.3 Å². The SMILES string of the molecule is Cc1nccnc1C1CC(O)C1C. The number of hydrogen-bond donors (Lipinski definition) is 1. The zero-order chi connectivity index (χ0) is 9.42. The van der Waals surface area contributed by atoms with E-state index in [9.17, 15) is 5.11 Å². The molecule has 1 fully saturated rings. The lowest BCUT2D eigenvalue weighted by Crippen LogP contribution is -2.38. The highest BCUT2D eigenvalue weighted by atomic mass is 16.3. The molecule has 13 heavy (non-hydrogen) atoms. The average Bonchev–Trinajstić information content (AvgIpc) is 2.15. The van der Waals surface area contributed by atoms with Crippen molar-refractivity contribution < 1.29 is 5.11 Å². The van der Waals surface area contributed by atoms with E-state index in [4.69, 9.17) is 0 Å². The fraction of sp³-hybridized carbons (Fsp3) is 0.600. The average molecular weight is 178 g/mol. The molecular formula is C10H14N2O. The van der Waals surface area contributed by atoms with Crippen LogP contribution in [0.15, 0.2) is 12.4 Å². The molecule has 1 aromatic heterocycles. The van der Waals surface area contributed by atoms with E-state index in [1.54, 1.807) is 12.4 Å². The smallest absolute Gasteiger partial charge is 0.0651 e. The summed E-state index contributed by atoms with van der Waals surface area (Å²) < 4.78 is 0. The molecule has 1 heterocycles. The van der Waals surface area contributed by atoms with E-state index in [2.05, 4.69) is 16.9 Å². The van der Waals surface area contributed by atoms with Gasteiger partial charge in [-0.05, 0) is 19.3 Å². The molecule has 3 unspecified atom stereocenters. The summed E-state index contributed by atoms with van der Waals surface area (Å²) in [6.45, 7) is 4.03. The number of aromatic nitrogens is 2. The summed E-state index contributed by atoms with van der Waals surface area (Å²) >= 11 is 0. The quantitative estimate of drug-likeness (QED) is 0.704. The Kier molecular flexibility index (Phi) is 2.04. The summed E-state index contributed by atoms with van der Waals surface area (Å²) in [4.78, 5) is 8.51. The number of aryl methyl sites for hydroxylation is 1. The van der Waals surface area contributed by atoms with Gasteiger partial charge in [-0.15, -0.1) is 0 Å². The van der Waals surface area contributed by atoms with Gasteiger partial charge in [0.2, 0.25) is 0 Å². The molecule has 0 amide bonds. The van der Waals surface area contributed by atoms with Gasteiger partial charge >= 0.3 is 0 Å². The van der Waals surface area contributed by atoms with Crippen LogP contribution in [0.25, 0.3) is 0 Å². The minimum atomic E-state index is -0.147. The standard InChI is InChI=1S/C10H14N2O/c1-6-8(5-9(6)13)10-7(2)11-3-4-12-10/h3-4,6,8-9,13H,5H2,1-2H3. The third kappa shape index (κ3) is 1.33. The first kappa shape index (κ1) is 8.63. The lowest BCUT2D eigenvalue weighted by molar-refractivity contribution is 0.00990. The van der Waals surface area contributed by atoms with Gasteiger partial charge in [-0.1, -0.05) is 6.92 Å². The third-order valence-electron chi connectivity index (χ3n) is 3.01. The molecule has 3 heteroatoms. The largest absolute Gasteiger partial charge is 0.393 e. The van der Waals surface area contributed by atoms with Crippen LogP contribution in [0, 0.1) is 12.8 Å². The molecule has 3 atom stereocenters. The van der Waals surface area contributed by atoms with E-state index < -0.39 is 0 Å². The van der Waals surface area contributed by atoms with Crippen molar-refractivity contribution in [3.05, 3.63) is 23.8 Å². The van der Waals surface area contributed by atoms with Crippen LogP contribution >= 0.6 is 0 Å². The van der Waals surface area contributed by atoms with E-state index in [0.29, 0.717) is 11.8 Å². The number of nitrogens with zero attached hydrogens (tertiary/aromatic N) is 2. The number of aliphatic hydroxyl groups is 1. The molecule has 1 N–H and O–H groups in total. The van der Waals surface area contributed by atoms with E-state index >= 15 is 0 Å². The van der Waals surface area contributed by atoms with Crippen molar-refractivity contribution in [2.24, 2.45) is 5.92 Å². The number of hydrogen-bond acceptors (Lipinski definition) is 3. The summed E-state index contributed by atoms with van der Waals surface area (Å²) in [6.07, 6.45) is 4.12. The van der Waals surface area contributed by atoms with Gasteiger partial charge in [0, 0.05) is 18.3 Å². The number of rotatable bonds is 1. The predicted octanol–water partition coefficient (Wildman–Crippen LogP) is 1.27. The molecule has 1 aliphatic carbocycles. The molecule has 0 aromatic carbocycles. The van der Waals surface area contributed by atoms with Crippen molar-refractivity contribution in [3.8, 4) is 0 Å². The molecule has 1 aliphatic rings. The Balaban J connectivity index is 2.23. The van der Waals surface area contributed by atoms with Gasteiger partial charge in [-0.2, -0.15) is 0 Å². The van der Waals surface area contributed by atoms with Gasteiger partial charge in [0.05, 0.1) is 17.5 Å². The molecule has 0 radical (unpaired) electrons. The Morgan fingerprint density at radius 3 is 2.62 bits per heavy atom. The van der Waals surface area contributed by atoms with Crippen LogP contribution in [0.5, 0.6) is 0 Å². The molecule has 70 valence electrons. The van der Waals surface area contributed by atoms with E-state index in [0.717, 1.165) is 17.8 Å². The van der Waals surface area contributed by atoms with Gasteiger partial charge < -0.3 is 5.11 Å².